The minimum absolute atomic E-state index is 0.000212. The highest BCUT2D eigenvalue weighted by Crippen LogP contribution is 2.36. The van der Waals surface area contributed by atoms with Crippen molar-refractivity contribution in [2.24, 2.45) is 0 Å². The smallest absolute Gasteiger partial charge is 0.268 e. The number of nitrogens with zero attached hydrogens (tertiary/aromatic N) is 3. The highest BCUT2D eigenvalue weighted by molar-refractivity contribution is 6.37. The third-order valence-electron chi connectivity index (χ3n) is 5.22. The van der Waals surface area contributed by atoms with Crippen LogP contribution < -0.4 is 0 Å². The molecule has 0 saturated carbocycles. The number of aromatic hydroxyl groups is 1. The molecule has 5 aromatic rings. The minimum Gasteiger partial charge on any atom is -0.508 e. The van der Waals surface area contributed by atoms with Crippen molar-refractivity contribution < 1.29 is 14.3 Å². The second kappa shape index (κ2) is 8.56. The zero-order chi connectivity index (χ0) is 23.1. The Hall–Kier alpha value is -3.32. The van der Waals surface area contributed by atoms with Crippen LogP contribution in [0.25, 0.3) is 22.2 Å². The highest BCUT2D eigenvalue weighted by atomic mass is 35.5. The number of rotatable bonds is 5. The molecule has 3 heterocycles. The van der Waals surface area contributed by atoms with Gasteiger partial charge in [-0.05, 0) is 48.0 Å². The maximum absolute atomic E-state index is 13.4. The van der Waals surface area contributed by atoms with E-state index in [2.05, 4.69) is 9.97 Å². The molecule has 164 valence electrons. The molecule has 6 nitrogen and oxygen atoms in total. The second-order valence-corrected chi connectivity index (χ2v) is 8.49. The van der Waals surface area contributed by atoms with Gasteiger partial charge in [-0.15, -0.1) is 0 Å². The summed E-state index contributed by atoms with van der Waals surface area (Å²) in [6.07, 6.45) is 4.71. The molecular weight excluding hydrogens is 485 g/mol. The van der Waals surface area contributed by atoms with Gasteiger partial charge in [-0.2, -0.15) is 0 Å². The number of aromatic nitrogens is 3. The van der Waals surface area contributed by atoms with Gasteiger partial charge in [0.25, 0.3) is 11.7 Å². The lowest BCUT2D eigenvalue weighted by Crippen LogP contribution is -2.04. The van der Waals surface area contributed by atoms with Crippen LogP contribution in [-0.2, 0) is 6.54 Å². The van der Waals surface area contributed by atoms with E-state index in [0.717, 1.165) is 11.1 Å². The van der Waals surface area contributed by atoms with Crippen molar-refractivity contribution in [1.82, 2.24) is 14.5 Å². The van der Waals surface area contributed by atoms with Crippen LogP contribution in [0.5, 0.6) is 5.75 Å². The number of phenols is 1. The van der Waals surface area contributed by atoms with Gasteiger partial charge in [0.05, 0.1) is 23.8 Å². The molecule has 0 atom stereocenters. The van der Waals surface area contributed by atoms with Gasteiger partial charge in [-0.3, -0.25) is 9.78 Å². The van der Waals surface area contributed by atoms with Crippen LogP contribution in [0.2, 0.25) is 15.2 Å². The fourth-order valence-electron chi connectivity index (χ4n) is 3.64. The van der Waals surface area contributed by atoms with Crippen molar-refractivity contribution in [3.05, 3.63) is 99.3 Å². The Morgan fingerprint density at radius 2 is 1.82 bits per heavy atom. The Morgan fingerprint density at radius 1 is 1.03 bits per heavy atom. The summed E-state index contributed by atoms with van der Waals surface area (Å²) in [5, 5.41) is 11.7. The van der Waals surface area contributed by atoms with Crippen molar-refractivity contribution in [2.45, 2.75) is 6.54 Å². The van der Waals surface area contributed by atoms with Crippen molar-refractivity contribution in [3.8, 4) is 17.1 Å². The minimum atomic E-state index is -0.503. The predicted molar refractivity (Wildman–Crippen MR) is 127 cm³/mol. The van der Waals surface area contributed by atoms with E-state index < -0.39 is 5.78 Å². The number of hydrogen-bond donors (Lipinski definition) is 1. The molecule has 0 aliphatic heterocycles. The Kier molecular flexibility index (Phi) is 5.58. The van der Waals surface area contributed by atoms with Crippen molar-refractivity contribution in [1.29, 1.82) is 0 Å². The summed E-state index contributed by atoms with van der Waals surface area (Å²) in [4.78, 5) is 21.5. The van der Waals surface area contributed by atoms with Gasteiger partial charge in [-0.25, -0.2) is 4.98 Å². The number of phenolic OH excluding ortho intramolecular Hbond substituents is 1. The fraction of sp³-hybridized carbons (Fsp3) is 0.0417. The van der Waals surface area contributed by atoms with Crippen molar-refractivity contribution in [3.63, 3.8) is 0 Å². The second-order valence-electron chi connectivity index (χ2n) is 7.28. The van der Waals surface area contributed by atoms with Crippen LogP contribution in [0.4, 0.5) is 0 Å². The van der Waals surface area contributed by atoms with Crippen LogP contribution in [0, 0.1) is 0 Å². The summed E-state index contributed by atoms with van der Waals surface area (Å²) < 4.78 is 7.47. The molecular formula is C24H14Cl3N3O3. The summed E-state index contributed by atoms with van der Waals surface area (Å²) in [7, 11) is 0. The number of carbonyl (C=O) groups is 1. The highest BCUT2D eigenvalue weighted by Gasteiger charge is 2.27. The molecule has 3 aromatic heterocycles. The van der Waals surface area contributed by atoms with E-state index in [9.17, 15) is 9.90 Å². The van der Waals surface area contributed by atoms with Crippen LogP contribution in [0.15, 0.2) is 71.5 Å². The zero-order valence-corrected chi connectivity index (χ0v) is 19.1. The van der Waals surface area contributed by atoms with E-state index in [0.29, 0.717) is 26.7 Å². The number of fused-ring (bicyclic) bond motifs is 1. The van der Waals surface area contributed by atoms with Gasteiger partial charge in [0, 0.05) is 33.4 Å². The largest absolute Gasteiger partial charge is 0.508 e. The van der Waals surface area contributed by atoms with Gasteiger partial charge in [0.2, 0.25) is 0 Å². The van der Waals surface area contributed by atoms with Crippen LogP contribution in [-0.4, -0.2) is 25.4 Å². The Bertz CT molecular complexity index is 1510. The summed E-state index contributed by atoms with van der Waals surface area (Å²) in [6, 6.07) is 13.4. The number of ketones is 1. The number of hydrogen-bond acceptors (Lipinski definition) is 5. The number of halogens is 3. The first kappa shape index (κ1) is 21.5. The van der Waals surface area contributed by atoms with Crippen molar-refractivity contribution >= 4 is 51.5 Å². The van der Waals surface area contributed by atoms with E-state index >= 15 is 0 Å². The molecule has 9 heteroatoms. The standard InChI is InChI=1S/C24H14Cl3N3O3/c25-15-2-1-14(18(26)9-15)12-30-19-4-3-16(31)10-17(19)21(23(30)27)22(32)24-29-11-20(33-24)13-5-7-28-8-6-13/h1-11,31H,12H2. The zero-order valence-electron chi connectivity index (χ0n) is 16.8. The first-order valence-electron chi connectivity index (χ1n) is 9.78. The summed E-state index contributed by atoms with van der Waals surface area (Å²) >= 11 is 19.1. The van der Waals surface area contributed by atoms with Gasteiger partial charge in [-0.1, -0.05) is 40.9 Å². The first-order valence-corrected chi connectivity index (χ1v) is 10.9. The third kappa shape index (κ3) is 3.97. The number of pyridine rings is 1. The average molecular weight is 499 g/mol. The molecule has 0 aliphatic rings. The maximum Gasteiger partial charge on any atom is 0.268 e. The summed E-state index contributed by atoms with van der Waals surface area (Å²) in [5.41, 5.74) is 2.33. The molecule has 0 bridgehead atoms. The van der Waals surface area contributed by atoms with Gasteiger partial charge in [0.1, 0.15) is 10.9 Å². The van der Waals surface area contributed by atoms with Crippen LogP contribution in [0.1, 0.15) is 21.8 Å². The molecule has 0 unspecified atom stereocenters. The van der Waals surface area contributed by atoms with Crippen LogP contribution in [0.3, 0.4) is 0 Å². The summed E-state index contributed by atoms with van der Waals surface area (Å²) in [5.74, 6) is -0.191. The Balaban J connectivity index is 1.61. The first-order chi connectivity index (χ1) is 15.9. The molecule has 1 N–H and O–H groups in total. The molecule has 0 fully saturated rings. The van der Waals surface area contributed by atoms with E-state index in [1.54, 1.807) is 53.4 Å². The lowest BCUT2D eigenvalue weighted by molar-refractivity contribution is 0.100. The topological polar surface area (TPSA) is 81.2 Å². The van der Waals surface area contributed by atoms with E-state index in [4.69, 9.17) is 39.2 Å². The molecule has 0 amide bonds. The lowest BCUT2D eigenvalue weighted by Gasteiger charge is -2.09. The Morgan fingerprint density at radius 3 is 2.58 bits per heavy atom. The monoisotopic (exact) mass is 497 g/mol. The Labute approximate surface area is 203 Å². The quantitative estimate of drug-likeness (QED) is 0.275. The SMILES string of the molecule is O=C(c1ncc(-c2ccncc2)o1)c1c(Cl)n(Cc2ccc(Cl)cc2Cl)c2ccc(O)cc12. The molecule has 33 heavy (non-hydrogen) atoms. The van der Waals surface area contributed by atoms with Gasteiger partial charge >= 0.3 is 0 Å². The molecule has 2 aromatic carbocycles. The number of oxazole rings is 1. The van der Waals surface area contributed by atoms with Gasteiger partial charge < -0.3 is 14.1 Å². The van der Waals surface area contributed by atoms with E-state index in [-0.39, 0.29) is 28.9 Å². The number of benzene rings is 2. The molecule has 0 spiro atoms. The fourth-order valence-corrected chi connectivity index (χ4v) is 4.44. The van der Waals surface area contributed by atoms with E-state index in [1.807, 2.05) is 0 Å². The summed E-state index contributed by atoms with van der Waals surface area (Å²) in [6.45, 7) is 0.289. The number of carbonyl (C=O) groups excluding carboxylic acids is 1. The van der Waals surface area contributed by atoms with E-state index in [1.165, 1.54) is 18.3 Å². The van der Waals surface area contributed by atoms with Gasteiger partial charge in [0.15, 0.2) is 5.76 Å². The molecule has 0 aliphatic carbocycles. The van der Waals surface area contributed by atoms with Crippen molar-refractivity contribution in [2.75, 3.05) is 0 Å². The molecule has 0 radical (unpaired) electrons. The normalized spacial score (nSPS) is 11.2. The lowest BCUT2D eigenvalue weighted by atomic mass is 10.1. The maximum atomic E-state index is 13.4. The predicted octanol–water partition coefficient (Wildman–Crippen LogP) is 6.64. The molecule has 0 saturated heterocycles. The van der Waals surface area contributed by atoms with Crippen LogP contribution >= 0.6 is 34.8 Å². The molecule has 5 rings (SSSR count). The third-order valence-corrected chi connectivity index (χ3v) is 6.20. The average Bonchev–Trinajstić information content (AvgIpc) is 3.39.